The number of carbonyl (C=O) groups is 3. The number of anilines is 3. The Morgan fingerprint density at radius 3 is 2.27 bits per heavy atom. The quantitative estimate of drug-likeness (QED) is 0.289. The predicted octanol–water partition coefficient (Wildman–Crippen LogP) is 4.93. The van der Waals surface area contributed by atoms with Gasteiger partial charge in [0.15, 0.2) is 0 Å². The van der Waals surface area contributed by atoms with Crippen LogP contribution in [0.1, 0.15) is 33.4 Å². The lowest BCUT2D eigenvalue weighted by Gasteiger charge is -2.21. The fraction of sp³-hybridized carbons (Fsp3) is 0.138. The number of rotatable bonds is 10. The van der Waals surface area contributed by atoms with E-state index in [1.807, 2.05) is 37.3 Å². The highest BCUT2D eigenvalue weighted by Crippen LogP contribution is 2.19. The molecule has 4 rings (SSSR count). The minimum absolute atomic E-state index is 0.0132. The second kappa shape index (κ2) is 12.2. The van der Waals surface area contributed by atoms with Crippen LogP contribution in [-0.4, -0.2) is 30.8 Å². The van der Waals surface area contributed by atoms with E-state index in [1.165, 1.54) is 0 Å². The van der Waals surface area contributed by atoms with Gasteiger partial charge in [0, 0.05) is 34.7 Å². The zero-order valence-electron chi connectivity index (χ0n) is 20.4. The Hall–Kier alpha value is -4.85. The summed E-state index contributed by atoms with van der Waals surface area (Å²) in [5, 5.41) is 8.64. The fourth-order valence-electron chi connectivity index (χ4n) is 3.78. The van der Waals surface area contributed by atoms with E-state index in [4.69, 9.17) is 4.42 Å². The van der Waals surface area contributed by atoms with Crippen LogP contribution in [0, 0.1) is 0 Å². The Balaban J connectivity index is 1.33. The Morgan fingerprint density at radius 2 is 1.54 bits per heavy atom. The molecule has 8 heteroatoms. The molecule has 3 aromatic carbocycles. The zero-order valence-corrected chi connectivity index (χ0v) is 20.4. The van der Waals surface area contributed by atoms with Crippen molar-refractivity contribution >= 4 is 34.8 Å². The van der Waals surface area contributed by atoms with Crippen molar-refractivity contribution in [2.24, 2.45) is 0 Å². The molecule has 0 fully saturated rings. The maximum absolute atomic E-state index is 13.1. The van der Waals surface area contributed by atoms with Gasteiger partial charge in [0.1, 0.15) is 5.76 Å². The second-order valence-corrected chi connectivity index (χ2v) is 8.21. The lowest BCUT2D eigenvalue weighted by molar-refractivity contribution is -0.114. The molecule has 3 amide bonds. The number of benzene rings is 3. The summed E-state index contributed by atoms with van der Waals surface area (Å²) in [4.78, 5) is 39.8. The fourth-order valence-corrected chi connectivity index (χ4v) is 3.78. The van der Waals surface area contributed by atoms with Crippen molar-refractivity contribution in [3.8, 4) is 0 Å². The highest BCUT2D eigenvalue weighted by atomic mass is 16.3. The van der Waals surface area contributed by atoms with Gasteiger partial charge in [0.25, 0.3) is 11.8 Å². The van der Waals surface area contributed by atoms with E-state index in [0.717, 1.165) is 5.69 Å². The van der Waals surface area contributed by atoms with Gasteiger partial charge in [0.2, 0.25) is 5.91 Å². The van der Waals surface area contributed by atoms with Crippen LogP contribution in [0.3, 0.4) is 0 Å². The molecule has 37 heavy (non-hydrogen) atoms. The van der Waals surface area contributed by atoms with Gasteiger partial charge in [-0.25, -0.2) is 0 Å². The number of hydrogen-bond acceptors (Lipinski definition) is 5. The second-order valence-electron chi connectivity index (χ2n) is 8.21. The summed E-state index contributed by atoms with van der Waals surface area (Å²) >= 11 is 0. The van der Waals surface area contributed by atoms with Crippen LogP contribution in [0.15, 0.2) is 102 Å². The molecule has 0 aliphatic heterocycles. The Labute approximate surface area is 215 Å². The average molecular weight is 497 g/mol. The van der Waals surface area contributed by atoms with Gasteiger partial charge in [-0.1, -0.05) is 30.3 Å². The van der Waals surface area contributed by atoms with Gasteiger partial charge in [-0.3, -0.25) is 14.4 Å². The minimum atomic E-state index is -0.285. The summed E-state index contributed by atoms with van der Waals surface area (Å²) in [6.45, 7) is 2.71. The molecule has 0 atom stereocenters. The molecular formula is C29H28N4O4. The molecule has 0 aliphatic rings. The molecular weight excluding hydrogens is 468 g/mol. The van der Waals surface area contributed by atoms with Crippen LogP contribution in [-0.2, 0) is 11.3 Å². The molecule has 0 bridgehead atoms. The molecule has 0 saturated heterocycles. The molecule has 3 N–H and O–H groups in total. The summed E-state index contributed by atoms with van der Waals surface area (Å²) in [6.07, 6.45) is 1.55. The molecule has 188 valence electrons. The van der Waals surface area contributed by atoms with Crippen molar-refractivity contribution in [3.05, 3.63) is 114 Å². The van der Waals surface area contributed by atoms with E-state index >= 15 is 0 Å². The molecule has 0 spiro atoms. The first-order valence-electron chi connectivity index (χ1n) is 11.9. The highest BCUT2D eigenvalue weighted by molar-refractivity contribution is 6.07. The first-order valence-corrected chi connectivity index (χ1v) is 11.9. The molecule has 1 heterocycles. The van der Waals surface area contributed by atoms with Gasteiger partial charge < -0.3 is 25.3 Å². The van der Waals surface area contributed by atoms with Crippen molar-refractivity contribution in [1.82, 2.24) is 5.32 Å². The largest absolute Gasteiger partial charge is 0.467 e. The summed E-state index contributed by atoms with van der Waals surface area (Å²) in [5.74, 6) is -0.0205. The molecule has 1 aromatic heterocycles. The molecule has 0 aliphatic carbocycles. The third-order valence-corrected chi connectivity index (χ3v) is 5.60. The monoisotopic (exact) mass is 496 g/mol. The van der Waals surface area contributed by atoms with Crippen molar-refractivity contribution in [2.45, 2.75) is 13.5 Å². The number of amides is 3. The van der Waals surface area contributed by atoms with E-state index in [-0.39, 0.29) is 30.8 Å². The van der Waals surface area contributed by atoms with Crippen LogP contribution in [0.5, 0.6) is 0 Å². The number of para-hydroxylation sites is 1. The first kappa shape index (κ1) is 25.2. The maximum atomic E-state index is 13.1. The number of furan rings is 1. The summed E-state index contributed by atoms with van der Waals surface area (Å²) in [6, 6.07) is 26.7. The van der Waals surface area contributed by atoms with Gasteiger partial charge in [0.05, 0.1) is 19.4 Å². The Bertz CT molecular complexity index is 1350. The van der Waals surface area contributed by atoms with Gasteiger partial charge in [-0.05, 0) is 67.6 Å². The van der Waals surface area contributed by atoms with Gasteiger partial charge in [-0.2, -0.15) is 0 Å². The van der Waals surface area contributed by atoms with Crippen molar-refractivity contribution in [3.63, 3.8) is 0 Å². The van der Waals surface area contributed by atoms with E-state index in [1.54, 1.807) is 71.8 Å². The van der Waals surface area contributed by atoms with E-state index in [2.05, 4.69) is 16.0 Å². The molecule has 0 radical (unpaired) electrons. The lowest BCUT2D eigenvalue weighted by Crippen LogP contribution is -2.30. The Kier molecular flexibility index (Phi) is 8.33. The number of nitrogens with zero attached hydrogens (tertiary/aromatic N) is 1. The van der Waals surface area contributed by atoms with Crippen LogP contribution >= 0.6 is 0 Å². The third kappa shape index (κ3) is 6.85. The van der Waals surface area contributed by atoms with Crippen LogP contribution in [0.2, 0.25) is 0 Å². The van der Waals surface area contributed by atoms with Crippen LogP contribution in [0.25, 0.3) is 0 Å². The first-order chi connectivity index (χ1) is 18.0. The molecule has 4 aromatic rings. The number of hydrogen-bond donors (Lipinski definition) is 3. The summed E-state index contributed by atoms with van der Waals surface area (Å²) in [5.41, 5.74) is 2.90. The zero-order chi connectivity index (χ0) is 26.0. The van der Waals surface area contributed by atoms with E-state index in [9.17, 15) is 14.4 Å². The van der Waals surface area contributed by atoms with Crippen molar-refractivity contribution in [2.75, 3.05) is 28.6 Å². The molecule has 0 unspecified atom stereocenters. The molecule has 0 saturated carbocycles. The van der Waals surface area contributed by atoms with Crippen LogP contribution < -0.4 is 20.9 Å². The van der Waals surface area contributed by atoms with E-state index in [0.29, 0.717) is 34.8 Å². The topological polar surface area (TPSA) is 104 Å². The number of carbonyl (C=O) groups excluding carboxylic acids is 3. The minimum Gasteiger partial charge on any atom is -0.467 e. The lowest BCUT2D eigenvalue weighted by atomic mass is 10.1. The third-order valence-electron chi connectivity index (χ3n) is 5.60. The standard InChI is InChI=1S/C29H28N4O4/c1-2-33(25-13-4-3-5-14-25)29(36)22-10-7-12-24(18-22)32-27(34)20-30-23-11-6-9-21(17-23)28(35)31-19-26-15-8-16-37-26/h3-18,30H,2,19-20H2,1H3,(H,31,35)(H,32,34). The van der Waals surface area contributed by atoms with Gasteiger partial charge >= 0.3 is 0 Å². The highest BCUT2D eigenvalue weighted by Gasteiger charge is 2.16. The van der Waals surface area contributed by atoms with E-state index < -0.39 is 0 Å². The van der Waals surface area contributed by atoms with Gasteiger partial charge in [-0.15, -0.1) is 0 Å². The van der Waals surface area contributed by atoms with Crippen molar-refractivity contribution in [1.29, 1.82) is 0 Å². The average Bonchev–Trinajstić information content (AvgIpc) is 3.46. The SMILES string of the molecule is CCN(C(=O)c1cccc(NC(=O)CNc2cccc(C(=O)NCc3ccco3)c2)c1)c1ccccc1. The summed E-state index contributed by atoms with van der Waals surface area (Å²) in [7, 11) is 0. The van der Waals surface area contributed by atoms with Crippen molar-refractivity contribution < 1.29 is 18.8 Å². The maximum Gasteiger partial charge on any atom is 0.258 e. The summed E-state index contributed by atoms with van der Waals surface area (Å²) < 4.78 is 5.22. The number of nitrogens with one attached hydrogen (secondary N) is 3. The Morgan fingerprint density at radius 1 is 0.811 bits per heavy atom. The van der Waals surface area contributed by atoms with Crippen LogP contribution in [0.4, 0.5) is 17.1 Å². The predicted molar refractivity (Wildman–Crippen MR) is 144 cm³/mol. The molecule has 8 nitrogen and oxygen atoms in total. The smallest absolute Gasteiger partial charge is 0.258 e. The normalized spacial score (nSPS) is 10.4.